The second-order valence-corrected chi connectivity index (χ2v) is 11.3. The van der Waals surface area contributed by atoms with Gasteiger partial charge in [0.25, 0.3) is 0 Å². The molecule has 0 bridgehead atoms. The van der Waals surface area contributed by atoms with Crippen LogP contribution in [0.1, 0.15) is 53.9 Å². The van der Waals surface area contributed by atoms with Crippen LogP contribution in [0.15, 0.2) is 0 Å². The molecule has 0 heterocycles. The predicted molar refractivity (Wildman–Crippen MR) is 180 cm³/mol. The van der Waals surface area contributed by atoms with E-state index in [-0.39, 0.29) is 31.4 Å². The largest absolute Gasteiger partial charge is 0.463 e. The van der Waals surface area contributed by atoms with Crippen LogP contribution in [0, 0.1) is 5.41 Å². The summed E-state index contributed by atoms with van der Waals surface area (Å²) in [5.41, 5.74) is -0.458. The van der Waals surface area contributed by atoms with Crippen LogP contribution in [0.3, 0.4) is 0 Å². The van der Waals surface area contributed by atoms with Crippen molar-refractivity contribution >= 4 is 5.97 Å². The molecule has 2 atom stereocenters. The van der Waals surface area contributed by atoms with E-state index in [1.54, 1.807) is 0 Å². The first-order chi connectivity index (χ1) is 23.4. The molecule has 0 aromatic heterocycles. The summed E-state index contributed by atoms with van der Waals surface area (Å²) in [6.07, 6.45) is 2.23. The van der Waals surface area contributed by atoms with Gasteiger partial charge in [0.05, 0.1) is 156 Å². The molecule has 2 unspecified atom stereocenters. The maximum Gasteiger partial charge on any atom is 0.311 e. The second-order valence-electron chi connectivity index (χ2n) is 11.3. The zero-order valence-corrected chi connectivity index (χ0v) is 30.6. The zero-order chi connectivity index (χ0) is 35.4. The van der Waals surface area contributed by atoms with E-state index in [0.29, 0.717) is 132 Å². The Labute approximate surface area is 289 Å². The van der Waals surface area contributed by atoms with Crippen LogP contribution in [-0.4, -0.2) is 169 Å². The van der Waals surface area contributed by atoms with Crippen molar-refractivity contribution in [1.82, 2.24) is 0 Å². The van der Waals surface area contributed by atoms with Gasteiger partial charge in [-0.25, -0.2) is 0 Å². The predicted octanol–water partition coefficient (Wildman–Crippen LogP) is 2.70. The molecule has 0 aliphatic heterocycles. The van der Waals surface area contributed by atoms with Gasteiger partial charge in [-0.05, 0) is 33.1 Å². The van der Waals surface area contributed by atoms with Crippen molar-refractivity contribution < 1.29 is 66.7 Å². The maximum atomic E-state index is 11.8. The first-order valence-corrected chi connectivity index (χ1v) is 17.6. The first kappa shape index (κ1) is 47.0. The number of aliphatic hydroxyl groups excluding tert-OH is 1. The van der Waals surface area contributed by atoms with Crippen LogP contribution in [-0.2, 0) is 61.6 Å². The number of rotatable bonds is 39. The number of hydrogen-bond donors (Lipinski definition) is 1. The summed E-state index contributed by atoms with van der Waals surface area (Å²) in [4.78, 5) is 11.8. The second kappa shape index (κ2) is 35.8. The van der Waals surface area contributed by atoms with Crippen molar-refractivity contribution in [3.63, 3.8) is 0 Å². The molecule has 0 radical (unpaired) electrons. The summed E-state index contributed by atoms with van der Waals surface area (Å²) in [7, 11) is 0. The van der Waals surface area contributed by atoms with Crippen LogP contribution in [0.2, 0.25) is 0 Å². The fourth-order valence-corrected chi connectivity index (χ4v) is 3.49. The van der Waals surface area contributed by atoms with Crippen LogP contribution in [0.5, 0.6) is 0 Å². The molecule has 0 rings (SSSR count). The van der Waals surface area contributed by atoms with E-state index in [9.17, 15) is 9.90 Å². The highest BCUT2D eigenvalue weighted by molar-refractivity contribution is 5.75. The first-order valence-electron chi connectivity index (χ1n) is 17.6. The van der Waals surface area contributed by atoms with Gasteiger partial charge < -0.3 is 61.9 Å². The molecule has 14 nitrogen and oxygen atoms in total. The Kier molecular flexibility index (Phi) is 35.1. The van der Waals surface area contributed by atoms with Gasteiger partial charge in [-0.1, -0.05) is 20.8 Å². The van der Waals surface area contributed by atoms with E-state index < -0.39 is 5.41 Å². The maximum absolute atomic E-state index is 11.8. The van der Waals surface area contributed by atoms with E-state index in [1.165, 1.54) is 0 Å². The smallest absolute Gasteiger partial charge is 0.311 e. The number of aliphatic hydroxyl groups is 1. The molecule has 0 spiro atoms. The Bertz CT molecular complexity index is 666. The fraction of sp³-hybridized carbons (Fsp3) is 0.971. The van der Waals surface area contributed by atoms with Crippen LogP contribution in [0.4, 0.5) is 0 Å². The third-order valence-electron chi connectivity index (χ3n) is 7.09. The average molecular weight is 701 g/mol. The summed E-state index contributed by atoms with van der Waals surface area (Å²) >= 11 is 0. The molecule has 0 aliphatic carbocycles. The normalized spacial score (nSPS) is 13.2. The SMILES string of the molecule is CCC(CO)OCC(CC)OCCOCCOCCOCCOCCOCCOCCOCCOCCOCCOC(=O)C(C)(C)CC. The molecule has 0 saturated carbocycles. The Morgan fingerprint density at radius 2 is 0.792 bits per heavy atom. The third-order valence-corrected chi connectivity index (χ3v) is 7.09. The molecule has 1 N–H and O–H groups in total. The highest BCUT2D eigenvalue weighted by Gasteiger charge is 2.26. The molecule has 0 aliphatic rings. The lowest BCUT2D eigenvalue weighted by molar-refractivity contribution is -0.155. The fourth-order valence-electron chi connectivity index (χ4n) is 3.49. The van der Waals surface area contributed by atoms with Gasteiger partial charge in [-0.2, -0.15) is 0 Å². The molecular weight excluding hydrogens is 632 g/mol. The van der Waals surface area contributed by atoms with E-state index >= 15 is 0 Å². The van der Waals surface area contributed by atoms with Gasteiger partial charge in [0.1, 0.15) is 6.61 Å². The summed E-state index contributed by atoms with van der Waals surface area (Å²) in [6.45, 7) is 19.6. The van der Waals surface area contributed by atoms with E-state index in [1.807, 2.05) is 34.6 Å². The van der Waals surface area contributed by atoms with Gasteiger partial charge in [0.2, 0.25) is 0 Å². The van der Waals surface area contributed by atoms with Crippen molar-refractivity contribution in [2.45, 2.75) is 66.1 Å². The lowest BCUT2D eigenvalue weighted by atomic mass is 9.91. The van der Waals surface area contributed by atoms with Crippen molar-refractivity contribution in [1.29, 1.82) is 0 Å². The molecule has 0 fully saturated rings. The minimum atomic E-state index is -0.458. The third kappa shape index (κ3) is 31.0. The molecule has 0 aromatic carbocycles. The average Bonchev–Trinajstić information content (AvgIpc) is 3.09. The highest BCUT2D eigenvalue weighted by Crippen LogP contribution is 2.21. The lowest BCUT2D eigenvalue weighted by Gasteiger charge is -2.20. The Morgan fingerprint density at radius 3 is 1.08 bits per heavy atom. The summed E-state index contributed by atoms with van der Waals surface area (Å²) in [6, 6.07) is 0. The monoisotopic (exact) mass is 700 g/mol. The molecule has 0 saturated heterocycles. The van der Waals surface area contributed by atoms with Crippen molar-refractivity contribution in [3.05, 3.63) is 0 Å². The number of ether oxygens (including phenoxy) is 12. The van der Waals surface area contributed by atoms with Gasteiger partial charge >= 0.3 is 5.97 Å². The molecule has 14 heteroatoms. The number of esters is 1. The molecule has 0 aromatic rings. The Morgan fingerprint density at radius 1 is 0.479 bits per heavy atom. The van der Waals surface area contributed by atoms with E-state index in [0.717, 1.165) is 19.3 Å². The molecular formula is C34H68O14. The van der Waals surface area contributed by atoms with Crippen LogP contribution in [0.25, 0.3) is 0 Å². The van der Waals surface area contributed by atoms with Gasteiger partial charge in [0.15, 0.2) is 0 Å². The topological polar surface area (TPSA) is 148 Å². The Balaban J connectivity index is 3.21. The van der Waals surface area contributed by atoms with Gasteiger partial charge in [0, 0.05) is 0 Å². The van der Waals surface area contributed by atoms with Crippen LogP contribution < -0.4 is 0 Å². The minimum Gasteiger partial charge on any atom is -0.463 e. The number of hydrogen-bond acceptors (Lipinski definition) is 14. The molecule has 288 valence electrons. The van der Waals surface area contributed by atoms with Crippen molar-refractivity contribution in [2.75, 3.05) is 145 Å². The Hall–Kier alpha value is -1.01. The number of carbonyl (C=O) groups excluding carboxylic acids is 1. The van der Waals surface area contributed by atoms with E-state index in [2.05, 4.69) is 0 Å². The van der Waals surface area contributed by atoms with Crippen LogP contribution >= 0.6 is 0 Å². The zero-order valence-electron chi connectivity index (χ0n) is 30.6. The summed E-state index contributed by atoms with van der Waals surface area (Å²) in [5, 5.41) is 9.19. The highest BCUT2D eigenvalue weighted by atomic mass is 16.6. The van der Waals surface area contributed by atoms with Gasteiger partial charge in [-0.15, -0.1) is 0 Å². The van der Waals surface area contributed by atoms with Crippen molar-refractivity contribution in [3.8, 4) is 0 Å². The summed E-state index contributed by atoms with van der Waals surface area (Å²) < 4.78 is 65.9. The molecule has 0 amide bonds. The summed E-state index contributed by atoms with van der Waals surface area (Å²) in [5.74, 6) is -0.201. The van der Waals surface area contributed by atoms with E-state index in [4.69, 9.17) is 56.8 Å². The lowest BCUT2D eigenvalue weighted by Crippen LogP contribution is -2.27. The van der Waals surface area contributed by atoms with Gasteiger partial charge in [-0.3, -0.25) is 4.79 Å². The van der Waals surface area contributed by atoms with Crippen molar-refractivity contribution in [2.24, 2.45) is 5.41 Å². The standard InChI is InChI=1S/C34H68O14/c1-6-31(29-35)48-30-32(7-2)46-27-25-44-23-21-42-19-17-40-15-13-38-11-9-37-10-12-39-14-16-41-18-20-43-22-24-45-26-28-47-33(36)34(4,5)8-3/h31-32,35H,6-30H2,1-5H3. The number of carbonyl (C=O) groups is 1. The molecule has 48 heavy (non-hydrogen) atoms. The minimum absolute atomic E-state index is 0.00349. The quantitative estimate of drug-likeness (QED) is 0.0740.